The molecular formula is C17H21F3N2O2. The summed E-state index contributed by atoms with van der Waals surface area (Å²) in [5.41, 5.74) is 2.27. The lowest BCUT2D eigenvalue weighted by molar-refractivity contribution is -0.183. The van der Waals surface area contributed by atoms with Crippen molar-refractivity contribution in [3.05, 3.63) is 22.5 Å². The van der Waals surface area contributed by atoms with E-state index in [9.17, 15) is 22.8 Å². The van der Waals surface area contributed by atoms with Crippen LogP contribution >= 0.6 is 0 Å². The highest BCUT2D eigenvalue weighted by molar-refractivity contribution is 6.04. The number of H-pyrrole nitrogens is 1. The Morgan fingerprint density at radius 1 is 1.21 bits per heavy atom. The number of fused-ring (bicyclic) bond motifs is 1. The third-order valence-corrected chi connectivity index (χ3v) is 5.14. The lowest BCUT2D eigenvalue weighted by atomic mass is 9.85. The summed E-state index contributed by atoms with van der Waals surface area (Å²) in [4.78, 5) is 27.5. The second kappa shape index (κ2) is 6.26. The lowest BCUT2D eigenvalue weighted by Gasteiger charge is -2.31. The lowest BCUT2D eigenvalue weighted by Crippen LogP contribution is -2.41. The summed E-state index contributed by atoms with van der Waals surface area (Å²) in [7, 11) is 0. The molecule has 2 N–H and O–H groups in total. The number of carbonyl (C=O) groups is 2. The maximum absolute atomic E-state index is 12.9. The quantitative estimate of drug-likeness (QED) is 0.861. The normalized spacial score (nSPS) is 24.6. The number of hydrogen-bond donors (Lipinski definition) is 2. The number of nitrogens with one attached hydrogen (secondary N) is 2. The fourth-order valence-electron chi connectivity index (χ4n) is 3.88. The molecule has 132 valence electrons. The van der Waals surface area contributed by atoms with Crippen molar-refractivity contribution in [1.82, 2.24) is 10.3 Å². The summed E-state index contributed by atoms with van der Waals surface area (Å²) in [5.74, 6) is -1.74. The molecule has 1 aromatic rings. The van der Waals surface area contributed by atoms with E-state index in [1.54, 1.807) is 6.92 Å². The Bertz CT molecular complexity index is 664. The average molecular weight is 342 g/mol. The number of ketones is 1. The highest BCUT2D eigenvalue weighted by Gasteiger charge is 2.42. The van der Waals surface area contributed by atoms with Gasteiger partial charge in [0.25, 0.3) is 5.91 Å². The van der Waals surface area contributed by atoms with Crippen LogP contribution < -0.4 is 5.32 Å². The highest BCUT2D eigenvalue weighted by atomic mass is 19.4. The van der Waals surface area contributed by atoms with Crippen LogP contribution in [0.4, 0.5) is 13.2 Å². The largest absolute Gasteiger partial charge is 0.391 e. The molecule has 1 saturated carbocycles. The molecule has 0 spiro atoms. The van der Waals surface area contributed by atoms with Crippen LogP contribution in [0.3, 0.4) is 0 Å². The van der Waals surface area contributed by atoms with E-state index < -0.39 is 24.0 Å². The third kappa shape index (κ3) is 3.21. The first-order valence-electron chi connectivity index (χ1n) is 8.39. The molecular weight excluding hydrogens is 321 g/mol. The van der Waals surface area contributed by atoms with Gasteiger partial charge in [-0.3, -0.25) is 9.59 Å². The first-order valence-corrected chi connectivity index (χ1v) is 8.39. The van der Waals surface area contributed by atoms with Crippen molar-refractivity contribution in [1.29, 1.82) is 0 Å². The Labute approximate surface area is 138 Å². The van der Waals surface area contributed by atoms with Gasteiger partial charge in [-0.15, -0.1) is 0 Å². The molecule has 1 amide bonds. The molecule has 0 aliphatic heterocycles. The van der Waals surface area contributed by atoms with Crippen LogP contribution in [0.5, 0.6) is 0 Å². The zero-order valence-corrected chi connectivity index (χ0v) is 13.6. The summed E-state index contributed by atoms with van der Waals surface area (Å²) in [5, 5.41) is 2.72. The van der Waals surface area contributed by atoms with E-state index in [2.05, 4.69) is 10.3 Å². The number of aromatic nitrogens is 1. The van der Waals surface area contributed by atoms with Crippen molar-refractivity contribution >= 4 is 11.7 Å². The van der Waals surface area contributed by atoms with Crippen molar-refractivity contribution in [2.45, 2.75) is 64.1 Å². The number of hydrogen-bond acceptors (Lipinski definition) is 2. The smallest absolute Gasteiger partial charge is 0.354 e. The molecule has 0 radical (unpaired) electrons. The van der Waals surface area contributed by atoms with Crippen molar-refractivity contribution in [3.63, 3.8) is 0 Å². The van der Waals surface area contributed by atoms with Gasteiger partial charge in [0.1, 0.15) is 5.69 Å². The number of alkyl halides is 3. The molecule has 7 heteroatoms. The molecule has 2 atom stereocenters. The first kappa shape index (κ1) is 17.0. The first-order chi connectivity index (χ1) is 11.3. The van der Waals surface area contributed by atoms with E-state index >= 15 is 0 Å². The number of aromatic amines is 1. The minimum absolute atomic E-state index is 0.0267. The van der Waals surface area contributed by atoms with Gasteiger partial charge in [-0.05, 0) is 44.6 Å². The average Bonchev–Trinajstić information content (AvgIpc) is 2.85. The maximum atomic E-state index is 12.9. The fourth-order valence-corrected chi connectivity index (χ4v) is 3.88. The molecule has 2 aliphatic carbocycles. The second-order valence-corrected chi connectivity index (χ2v) is 6.83. The monoisotopic (exact) mass is 342 g/mol. The third-order valence-electron chi connectivity index (χ3n) is 5.14. The van der Waals surface area contributed by atoms with Gasteiger partial charge >= 0.3 is 6.18 Å². The van der Waals surface area contributed by atoms with Crippen molar-refractivity contribution in [3.8, 4) is 0 Å². The Hall–Kier alpha value is -1.79. The molecule has 0 saturated heterocycles. The van der Waals surface area contributed by atoms with E-state index in [4.69, 9.17) is 0 Å². The minimum atomic E-state index is -4.21. The second-order valence-electron chi connectivity index (χ2n) is 6.83. The number of amides is 1. The summed E-state index contributed by atoms with van der Waals surface area (Å²) in [6.07, 6.45) is -1.21. The standard InChI is InChI=1S/C17H21F3N2O2/c1-9-14-12(6-3-7-13(14)23)22-15(9)16(24)21-11-5-2-4-10(8-11)17(18,19)20/h10-11,22H,2-8H2,1H3,(H,21,24)/t10-,11-/m1/s1. The molecule has 1 fully saturated rings. The number of rotatable bonds is 2. The van der Waals surface area contributed by atoms with E-state index in [1.165, 1.54) is 0 Å². The Morgan fingerprint density at radius 2 is 1.96 bits per heavy atom. The van der Waals surface area contributed by atoms with Gasteiger partial charge in [0, 0.05) is 23.7 Å². The van der Waals surface area contributed by atoms with Crippen LogP contribution in [0.25, 0.3) is 0 Å². The summed E-state index contributed by atoms with van der Waals surface area (Å²) in [6, 6.07) is -0.478. The molecule has 1 heterocycles. The number of aryl methyl sites for hydroxylation is 1. The van der Waals surface area contributed by atoms with Crippen LogP contribution in [0.15, 0.2) is 0 Å². The molecule has 24 heavy (non-hydrogen) atoms. The molecule has 3 rings (SSSR count). The highest BCUT2D eigenvalue weighted by Crippen LogP contribution is 2.37. The molecule has 0 unspecified atom stereocenters. The van der Waals surface area contributed by atoms with Crippen LogP contribution in [0.2, 0.25) is 0 Å². The SMILES string of the molecule is Cc1c(C(=O)N[C@@H]2CCC[C@@H](C(F)(F)F)C2)[nH]c2c1C(=O)CCC2. The van der Waals surface area contributed by atoms with E-state index in [0.717, 1.165) is 18.5 Å². The van der Waals surface area contributed by atoms with Gasteiger partial charge in [0.2, 0.25) is 0 Å². The van der Waals surface area contributed by atoms with Gasteiger partial charge in [-0.25, -0.2) is 0 Å². The molecule has 2 aliphatic rings. The maximum Gasteiger partial charge on any atom is 0.391 e. The van der Waals surface area contributed by atoms with Gasteiger partial charge in [-0.2, -0.15) is 13.2 Å². The van der Waals surface area contributed by atoms with Gasteiger partial charge in [0.05, 0.1) is 5.92 Å². The van der Waals surface area contributed by atoms with Crippen LogP contribution in [0, 0.1) is 12.8 Å². The molecule has 0 bridgehead atoms. The van der Waals surface area contributed by atoms with Crippen molar-refractivity contribution in [2.75, 3.05) is 0 Å². The number of carbonyl (C=O) groups excluding carboxylic acids is 2. The minimum Gasteiger partial charge on any atom is -0.354 e. The Balaban J connectivity index is 1.73. The van der Waals surface area contributed by atoms with Gasteiger partial charge in [-0.1, -0.05) is 6.42 Å². The summed E-state index contributed by atoms with van der Waals surface area (Å²) in [6.45, 7) is 1.72. The molecule has 1 aromatic heterocycles. The van der Waals surface area contributed by atoms with Crippen LogP contribution in [-0.4, -0.2) is 28.9 Å². The zero-order valence-electron chi connectivity index (χ0n) is 13.6. The number of halogens is 3. The predicted octanol–water partition coefficient (Wildman–Crippen LogP) is 3.69. The topological polar surface area (TPSA) is 62.0 Å². The fraction of sp³-hybridized carbons (Fsp3) is 0.647. The van der Waals surface area contributed by atoms with E-state index in [0.29, 0.717) is 36.1 Å². The molecule has 4 nitrogen and oxygen atoms in total. The number of Topliss-reactive ketones (excluding diaryl/α,β-unsaturated/α-hetero) is 1. The van der Waals surface area contributed by atoms with Crippen LogP contribution in [0.1, 0.15) is 70.6 Å². The predicted molar refractivity (Wildman–Crippen MR) is 82.1 cm³/mol. The summed E-state index contributed by atoms with van der Waals surface area (Å²) < 4.78 is 38.6. The molecule has 0 aromatic carbocycles. The van der Waals surface area contributed by atoms with E-state index in [-0.39, 0.29) is 18.6 Å². The van der Waals surface area contributed by atoms with Crippen molar-refractivity contribution < 1.29 is 22.8 Å². The Morgan fingerprint density at radius 3 is 2.62 bits per heavy atom. The van der Waals surface area contributed by atoms with Crippen molar-refractivity contribution in [2.24, 2.45) is 5.92 Å². The van der Waals surface area contributed by atoms with E-state index in [1.807, 2.05) is 0 Å². The summed E-state index contributed by atoms with van der Waals surface area (Å²) >= 11 is 0. The zero-order chi connectivity index (χ0) is 17.5. The van der Waals surface area contributed by atoms with Gasteiger partial charge in [0.15, 0.2) is 5.78 Å². The van der Waals surface area contributed by atoms with Gasteiger partial charge < -0.3 is 10.3 Å². The van der Waals surface area contributed by atoms with Crippen LogP contribution in [-0.2, 0) is 6.42 Å². The Kier molecular flexibility index (Phi) is 4.44.